The summed E-state index contributed by atoms with van der Waals surface area (Å²) in [6, 6.07) is 3.44. The summed E-state index contributed by atoms with van der Waals surface area (Å²) in [5, 5.41) is 7.93. The second-order valence-corrected chi connectivity index (χ2v) is 5.32. The van der Waals surface area contributed by atoms with Gasteiger partial charge in [0.15, 0.2) is 11.5 Å². The van der Waals surface area contributed by atoms with Gasteiger partial charge in [-0.05, 0) is 38.1 Å². The van der Waals surface area contributed by atoms with Gasteiger partial charge in [-0.15, -0.1) is 10.2 Å². The van der Waals surface area contributed by atoms with E-state index in [2.05, 4.69) is 20.0 Å². The van der Waals surface area contributed by atoms with Gasteiger partial charge in [0.2, 0.25) is 0 Å². The average Bonchev–Trinajstić information content (AvgIpc) is 2.52. The third kappa shape index (κ3) is 4.64. The molecule has 7 nitrogen and oxygen atoms in total. The Morgan fingerprint density at radius 1 is 1.10 bits per heavy atom. The van der Waals surface area contributed by atoms with Crippen LogP contribution in [0.3, 0.4) is 0 Å². The van der Waals surface area contributed by atoms with E-state index in [1.54, 1.807) is 6.07 Å². The molecule has 0 radical (unpaired) electrons. The molecule has 116 valence electrons. The van der Waals surface area contributed by atoms with Crippen LogP contribution in [0.4, 0.5) is 5.82 Å². The van der Waals surface area contributed by atoms with Crippen molar-refractivity contribution < 1.29 is 4.79 Å². The average molecular weight is 292 g/mol. The van der Waals surface area contributed by atoms with Crippen molar-refractivity contribution in [1.82, 2.24) is 15.1 Å². The van der Waals surface area contributed by atoms with Crippen molar-refractivity contribution in [2.24, 2.45) is 11.5 Å². The van der Waals surface area contributed by atoms with Gasteiger partial charge in [-0.25, -0.2) is 0 Å². The van der Waals surface area contributed by atoms with Crippen LogP contribution in [0.25, 0.3) is 0 Å². The highest BCUT2D eigenvalue weighted by Gasteiger charge is 2.18. The molecule has 2 heterocycles. The summed E-state index contributed by atoms with van der Waals surface area (Å²) in [5.74, 6) is 0.263. The molecule has 2 rings (SSSR count). The van der Waals surface area contributed by atoms with Crippen molar-refractivity contribution in [1.29, 1.82) is 0 Å². The highest BCUT2D eigenvalue weighted by Crippen LogP contribution is 2.13. The molecule has 1 saturated heterocycles. The predicted octanol–water partition coefficient (Wildman–Crippen LogP) is -0.173. The maximum absolute atomic E-state index is 11.0. The van der Waals surface area contributed by atoms with E-state index < -0.39 is 5.91 Å². The van der Waals surface area contributed by atoms with Crippen LogP contribution in [0.15, 0.2) is 12.1 Å². The van der Waals surface area contributed by atoms with Crippen LogP contribution >= 0.6 is 0 Å². The minimum absolute atomic E-state index is 0.206. The summed E-state index contributed by atoms with van der Waals surface area (Å²) in [4.78, 5) is 15.6. The van der Waals surface area contributed by atoms with Crippen molar-refractivity contribution >= 4 is 11.7 Å². The number of unbranched alkanes of at least 4 members (excludes halogenated alkanes) is 2. The van der Waals surface area contributed by atoms with Crippen LogP contribution < -0.4 is 16.4 Å². The minimum atomic E-state index is -0.545. The van der Waals surface area contributed by atoms with Gasteiger partial charge in [0, 0.05) is 26.2 Å². The number of primary amides is 1. The van der Waals surface area contributed by atoms with E-state index in [-0.39, 0.29) is 5.69 Å². The van der Waals surface area contributed by atoms with Crippen molar-refractivity contribution in [3.8, 4) is 0 Å². The number of hydrogen-bond acceptors (Lipinski definition) is 6. The fourth-order valence-corrected chi connectivity index (χ4v) is 2.48. The Morgan fingerprint density at radius 2 is 1.86 bits per heavy atom. The molecule has 0 bridgehead atoms. The Balaban J connectivity index is 1.76. The monoisotopic (exact) mass is 292 g/mol. The molecular weight excluding hydrogens is 268 g/mol. The molecule has 0 aliphatic carbocycles. The van der Waals surface area contributed by atoms with Gasteiger partial charge in [-0.1, -0.05) is 6.42 Å². The third-order valence-electron chi connectivity index (χ3n) is 3.78. The highest BCUT2D eigenvalue weighted by atomic mass is 16.1. The summed E-state index contributed by atoms with van der Waals surface area (Å²) in [6.45, 7) is 5.85. The number of amides is 1. The first-order valence-electron chi connectivity index (χ1n) is 7.51. The molecule has 21 heavy (non-hydrogen) atoms. The molecule has 0 atom stereocenters. The third-order valence-corrected chi connectivity index (χ3v) is 3.78. The van der Waals surface area contributed by atoms with E-state index >= 15 is 0 Å². The summed E-state index contributed by atoms with van der Waals surface area (Å²) in [5.41, 5.74) is 10.9. The zero-order chi connectivity index (χ0) is 15.1. The number of nitrogens with zero attached hydrogens (tertiary/aromatic N) is 4. The van der Waals surface area contributed by atoms with E-state index in [0.29, 0.717) is 0 Å². The molecule has 0 spiro atoms. The molecule has 4 N–H and O–H groups in total. The largest absolute Gasteiger partial charge is 0.364 e. The first-order chi connectivity index (χ1) is 10.2. The lowest BCUT2D eigenvalue weighted by molar-refractivity contribution is 0.0994. The molecule has 0 saturated carbocycles. The van der Waals surface area contributed by atoms with Crippen LogP contribution in [0.2, 0.25) is 0 Å². The lowest BCUT2D eigenvalue weighted by atomic mass is 10.2. The normalized spacial score (nSPS) is 16.1. The molecular formula is C14H24N6O. The molecule has 0 unspecified atom stereocenters. The number of anilines is 1. The van der Waals surface area contributed by atoms with Gasteiger partial charge in [-0.2, -0.15) is 0 Å². The molecule has 1 fully saturated rings. The lowest BCUT2D eigenvalue weighted by Crippen LogP contribution is -2.47. The lowest BCUT2D eigenvalue weighted by Gasteiger charge is -2.35. The smallest absolute Gasteiger partial charge is 0.269 e. The zero-order valence-corrected chi connectivity index (χ0v) is 12.4. The first-order valence-corrected chi connectivity index (χ1v) is 7.51. The molecule has 0 aromatic carbocycles. The quantitative estimate of drug-likeness (QED) is 0.676. The number of nitrogens with two attached hydrogens (primary N) is 2. The second-order valence-electron chi connectivity index (χ2n) is 5.32. The van der Waals surface area contributed by atoms with Crippen LogP contribution in [0.1, 0.15) is 29.8 Å². The van der Waals surface area contributed by atoms with Crippen LogP contribution in [-0.4, -0.2) is 60.3 Å². The number of carbonyl (C=O) groups excluding carboxylic acids is 1. The Kier molecular flexibility index (Phi) is 5.89. The minimum Gasteiger partial charge on any atom is -0.364 e. The van der Waals surface area contributed by atoms with Gasteiger partial charge in [-0.3, -0.25) is 9.69 Å². The Morgan fingerprint density at radius 3 is 2.43 bits per heavy atom. The van der Waals surface area contributed by atoms with Crippen LogP contribution in [0, 0.1) is 0 Å². The molecule has 1 aromatic heterocycles. The number of carbonyl (C=O) groups is 1. The number of aromatic nitrogens is 2. The SMILES string of the molecule is NCCCCCN1CCN(c2ccc(C(N)=O)nn2)CC1. The van der Waals surface area contributed by atoms with Gasteiger partial charge in [0.1, 0.15) is 0 Å². The summed E-state index contributed by atoms with van der Waals surface area (Å²) in [7, 11) is 0. The zero-order valence-electron chi connectivity index (χ0n) is 12.4. The molecule has 1 amide bonds. The van der Waals surface area contributed by atoms with Crippen molar-refractivity contribution in [2.75, 3.05) is 44.2 Å². The fraction of sp³-hybridized carbons (Fsp3) is 0.643. The van der Waals surface area contributed by atoms with Gasteiger partial charge < -0.3 is 16.4 Å². The second kappa shape index (κ2) is 7.90. The van der Waals surface area contributed by atoms with Gasteiger partial charge in [0.05, 0.1) is 0 Å². The van der Waals surface area contributed by atoms with E-state index in [4.69, 9.17) is 11.5 Å². The van der Waals surface area contributed by atoms with E-state index in [9.17, 15) is 4.79 Å². The number of hydrogen-bond donors (Lipinski definition) is 2. The van der Waals surface area contributed by atoms with Crippen molar-refractivity contribution in [2.45, 2.75) is 19.3 Å². The van der Waals surface area contributed by atoms with Gasteiger partial charge in [0.25, 0.3) is 5.91 Å². The Hall–Kier alpha value is -1.73. The van der Waals surface area contributed by atoms with Crippen molar-refractivity contribution in [3.05, 3.63) is 17.8 Å². The van der Waals surface area contributed by atoms with Gasteiger partial charge >= 0.3 is 0 Å². The van der Waals surface area contributed by atoms with Crippen molar-refractivity contribution in [3.63, 3.8) is 0 Å². The topological polar surface area (TPSA) is 101 Å². The molecule has 1 aliphatic heterocycles. The maximum atomic E-state index is 11.0. The predicted molar refractivity (Wildman–Crippen MR) is 82.1 cm³/mol. The molecule has 1 aliphatic rings. The summed E-state index contributed by atoms with van der Waals surface area (Å²) < 4.78 is 0. The molecule has 7 heteroatoms. The maximum Gasteiger partial charge on any atom is 0.269 e. The standard InChI is InChI=1S/C14H24N6O/c15-6-2-1-3-7-19-8-10-20(11-9-19)13-5-4-12(14(16)21)17-18-13/h4-5H,1-3,6-11,15H2,(H2,16,21). The highest BCUT2D eigenvalue weighted by molar-refractivity contribution is 5.90. The first kappa shape index (κ1) is 15.7. The summed E-state index contributed by atoms with van der Waals surface area (Å²) >= 11 is 0. The van der Waals surface area contributed by atoms with E-state index in [0.717, 1.165) is 51.5 Å². The van der Waals surface area contributed by atoms with E-state index in [1.807, 2.05) is 6.07 Å². The number of rotatable bonds is 7. The Bertz CT molecular complexity index is 441. The fourth-order valence-electron chi connectivity index (χ4n) is 2.48. The molecule has 1 aromatic rings. The van der Waals surface area contributed by atoms with Crippen LogP contribution in [-0.2, 0) is 0 Å². The van der Waals surface area contributed by atoms with Crippen LogP contribution in [0.5, 0.6) is 0 Å². The number of piperazine rings is 1. The Labute approximate surface area is 125 Å². The van der Waals surface area contributed by atoms with E-state index in [1.165, 1.54) is 12.8 Å². The summed E-state index contributed by atoms with van der Waals surface area (Å²) in [6.07, 6.45) is 3.53.